The minimum Gasteiger partial charge on any atom is -0.325 e. The van der Waals surface area contributed by atoms with Crippen LogP contribution in [0, 0.1) is 6.92 Å². The van der Waals surface area contributed by atoms with Crippen LogP contribution in [0.5, 0.6) is 0 Å². The SMILES string of the molecule is Cc1ccc(-c2cccc3c2SNC3=C2CC2)cc1. The second-order valence-electron chi connectivity index (χ2n) is 5.23. The minimum atomic E-state index is 1.26. The van der Waals surface area contributed by atoms with Gasteiger partial charge in [0.05, 0.1) is 5.70 Å². The highest BCUT2D eigenvalue weighted by Crippen LogP contribution is 2.46. The Bertz CT molecular complexity index is 677. The Balaban J connectivity index is 1.87. The molecule has 1 heterocycles. The molecule has 94 valence electrons. The van der Waals surface area contributed by atoms with Crippen LogP contribution in [0.3, 0.4) is 0 Å². The number of benzene rings is 2. The van der Waals surface area contributed by atoms with E-state index >= 15 is 0 Å². The maximum absolute atomic E-state index is 3.50. The van der Waals surface area contributed by atoms with Crippen molar-refractivity contribution >= 4 is 17.6 Å². The van der Waals surface area contributed by atoms with Crippen LogP contribution in [-0.2, 0) is 0 Å². The van der Waals surface area contributed by atoms with Gasteiger partial charge in [0.15, 0.2) is 0 Å². The quantitative estimate of drug-likeness (QED) is 0.745. The van der Waals surface area contributed by atoms with Gasteiger partial charge in [0.2, 0.25) is 0 Å². The number of hydrogen-bond acceptors (Lipinski definition) is 2. The van der Waals surface area contributed by atoms with Crippen molar-refractivity contribution in [2.75, 3.05) is 0 Å². The van der Waals surface area contributed by atoms with Crippen molar-refractivity contribution in [1.82, 2.24) is 4.72 Å². The smallest absolute Gasteiger partial charge is 0.0520 e. The predicted octanol–water partition coefficient (Wildman–Crippen LogP) is 4.78. The molecule has 2 heteroatoms. The molecule has 1 fully saturated rings. The molecular weight excluding hydrogens is 250 g/mol. The zero-order valence-electron chi connectivity index (χ0n) is 10.9. The van der Waals surface area contributed by atoms with Crippen LogP contribution in [0.2, 0.25) is 0 Å². The molecule has 0 bridgehead atoms. The highest BCUT2D eigenvalue weighted by Gasteiger charge is 2.27. The van der Waals surface area contributed by atoms with Crippen LogP contribution >= 0.6 is 11.9 Å². The lowest BCUT2D eigenvalue weighted by Gasteiger charge is -2.07. The first-order valence-corrected chi connectivity index (χ1v) is 7.50. The van der Waals surface area contributed by atoms with Crippen molar-refractivity contribution in [2.24, 2.45) is 0 Å². The normalized spacial score (nSPS) is 16.3. The van der Waals surface area contributed by atoms with Crippen LogP contribution in [0.25, 0.3) is 16.8 Å². The highest BCUT2D eigenvalue weighted by atomic mass is 32.2. The van der Waals surface area contributed by atoms with E-state index in [2.05, 4.69) is 54.1 Å². The first kappa shape index (κ1) is 11.2. The van der Waals surface area contributed by atoms with E-state index in [0.717, 1.165) is 0 Å². The number of allylic oxidation sites excluding steroid dienone is 1. The Hall–Kier alpha value is -1.67. The van der Waals surface area contributed by atoms with Crippen molar-refractivity contribution in [3.63, 3.8) is 0 Å². The molecule has 0 unspecified atom stereocenters. The maximum atomic E-state index is 3.50. The summed E-state index contributed by atoms with van der Waals surface area (Å²) in [4.78, 5) is 1.38. The Morgan fingerprint density at radius 2 is 1.68 bits per heavy atom. The lowest BCUT2D eigenvalue weighted by atomic mass is 10.0. The molecule has 0 radical (unpaired) electrons. The van der Waals surface area contributed by atoms with E-state index in [4.69, 9.17) is 0 Å². The highest BCUT2D eigenvalue weighted by molar-refractivity contribution is 7.98. The van der Waals surface area contributed by atoms with Gasteiger partial charge < -0.3 is 4.72 Å². The number of nitrogens with one attached hydrogen (secondary N) is 1. The molecule has 1 aliphatic heterocycles. The van der Waals surface area contributed by atoms with Gasteiger partial charge in [0.1, 0.15) is 0 Å². The second kappa shape index (κ2) is 4.17. The van der Waals surface area contributed by atoms with Crippen LogP contribution in [0.4, 0.5) is 0 Å². The van der Waals surface area contributed by atoms with Gasteiger partial charge in [-0.15, -0.1) is 0 Å². The van der Waals surface area contributed by atoms with E-state index in [1.54, 1.807) is 17.5 Å². The summed E-state index contributed by atoms with van der Waals surface area (Å²) in [7, 11) is 0. The molecule has 1 N–H and O–H groups in total. The molecule has 2 aromatic carbocycles. The lowest BCUT2D eigenvalue weighted by molar-refractivity contribution is 1.38. The molecule has 19 heavy (non-hydrogen) atoms. The number of rotatable bonds is 1. The minimum absolute atomic E-state index is 1.26. The van der Waals surface area contributed by atoms with E-state index in [9.17, 15) is 0 Å². The zero-order chi connectivity index (χ0) is 12.8. The monoisotopic (exact) mass is 265 g/mol. The molecule has 2 aliphatic rings. The molecular formula is C17H15NS. The fourth-order valence-electron chi connectivity index (χ4n) is 2.54. The van der Waals surface area contributed by atoms with Crippen molar-refractivity contribution < 1.29 is 0 Å². The number of aryl methyl sites for hydroxylation is 1. The number of hydrogen-bond donors (Lipinski definition) is 1. The summed E-state index contributed by atoms with van der Waals surface area (Å²) in [6.45, 7) is 2.13. The average Bonchev–Trinajstić information content (AvgIpc) is 3.19. The fourth-order valence-corrected chi connectivity index (χ4v) is 3.57. The summed E-state index contributed by atoms with van der Waals surface area (Å²) in [5.41, 5.74) is 8.28. The summed E-state index contributed by atoms with van der Waals surface area (Å²) >= 11 is 1.76. The maximum Gasteiger partial charge on any atom is 0.0520 e. The summed E-state index contributed by atoms with van der Waals surface area (Å²) < 4.78 is 3.50. The first-order valence-electron chi connectivity index (χ1n) is 6.68. The average molecular weight is 265 g/mol. The molecule has 1 aliphatic carbocycles. The Kier molecular flexibility index (Phi) is 2.46. The van der Waals surface area contributed by atoms with E-state index in [1.807, 2.05) is 0 Å². The van der Waals surface area contributed by atoms with Crippen molar-refractivity contribution in [3.05, 3.63) is 59.2 Å². The summed E-state index contributed by atoms with van der Waals surface area (Å²) in [5.74, 6) is 0. The van der Waals surface area contributed by atoms with Gasteiger partial charge in [0.25, 0.3) is 0 Å². The van der Waals surface area contributed by atoms with E-state index in [-0.39, 0.29) is 0 Å². The molecule has 1 saturated carbocycles. The fraction of sp³-hybridized carbons (Fsp3) is 0.176. The van der Waals surface area contributed by atoms with Gasteiger partial charge in [-0.3, -0.25) is 0 Å². The number of fused-ring (bicyclic) bond motifs is 1. The van der Waals surface area contributed by atoms with Crippen LogP contribution in [-0.4, -0.2) is 0 Å². The second-order valence-corrected chi connectivity index (χ2v) is 6.05. The Morgan fingerprint density at radius 1 is 0.947 bits per heavy atom. The van der Waals surface area contributed by atoms with Crippen molar-refractivity contribution in [2.45, 2.75) is 24.7 Å². The first-order chi connectivity index (χ1) is 9.33. The summed E-state index contributed by atoms with van der Waals surface area (Å²) in [5, 5.41) is 0. The third-order valence-corrected chi connectivity index (χ3v) is 4.71. The largest absolute Gasteiger partial charge is 0.325 e. The zero-order valence-corrected chi connectivity index (χ0v) is 11.7. The summed E-state index contributed by atoms with van der Waals surface area (Å²) in [6.07, 6.45) is 2.52. The van der Waals surface area contributed by atoms with Gasteiger partial charge in [-0.25, -0.2) is 0 Å². The molecule has 0 aromatic heterocycles. The van der Waals surface area contributed by atoms with Crippen LogP contribution in [0.15, 0.2) is 52.9 Å². The van der Waals surface area contributed by atoms with Crippen LogP contribution < -0.4 is 4.72 Å². The predicted molar refractivity (Wildman–Crippen MR) is 81.8 cm³/mol. The van der Waals surface area contributed by atoms with Gasteiger partial charge >= 0.3 is 0 Å². The van der Waals surface area contributed by atoms with Crippen molar-refractivity contribution in [1.29, 1.82) is 0 Å². The molecule has 0 atom stereocenters. The molecule has 0 saturated heterocycles. The third kappa shape index (κ3) is 1.87. The van der Waals surface area contributed by atoms with E-state index in [0.29, 0.717) is 0 Å². The Morgan fingerprint density at radius 3 is 2.42 bits per heavy atom. The topological polar surface area (TPSA) is 12.0 Å². The lowest BCUT2D eigenvalue weighted by Crippen LogP contribution is -1.92. The third-order valence-electron chi connectivity index (χ3n) is 3.76. The van der Waals surface area contributed by atoms with Crippen molar-refractivity contribution in [3.8, 4) is 11.1 Å². The van der Waals surface area contributed by atoms with Gasteiger partial charge in [-0.05, 0) is 48.4 Å². The van der Waals surface area contributed by atoms with Gasteiger partial charge in [0, 0.05) is 10.5 Å². The van der Waals surface area contributed by atoms with Gasteiger partial charge in [-0.1, -0.05) is 48.0 Å². The van der Waals surface area contributed by atoms with Gasteiger partial charge in [-0.2, -0.15) is 0 Å². The molecule has 2 aromatic rings. The summed E-state index contributed by atoms with van der Waals surface area (Å²) in [6, 6.07) is 15.4. The molecule has 1 nitrogen and oxygen atoms in total. The molecule has 4 rings (SSSR count). The van der Waals surface area contributed by atoms with E-state index < -0.39 is 0 Å². The van der Waals surface area contributed by atoms with Crippen LogP contribution in [0.1, 0.15) is 24.0 Å². The van der Waals surface area contributed by atoms with E-state index in [1.165, 1.54) is 45.7 Å². The molecule has 0 spiro atoms. The standard InChI is InChI=1S/C17H15NS/c1-11-5-7-12(8-6-11)14-3-2-4-15-16(13-9-10-13)18-19-17(14)15/h2-8,18H,9-10H2,1H3. The Labute approximate surface area is 117 Å². The molecule has 0 amide bonds.